The number of carbonyl (C=O) groups excluding carboxylic acids is 1. The van der Waals surface area contributed by atoms with Gasteiger partial charge in [-0.05, 0) is 30.3 Å². The molecule has 0 fully saturated rings. The predicted octanol–water partition coefficient (Wildman–Crippen LogP) is 2.75. The van der Waals surface area contributed by atoms with Crippen LogP contribution >= 0.6 is 0 Å². The van der Waals surface area contributed by atoms with Crippen molar-refractivity contribution in [1.29, 1.82) is 0 Å². The minimum atomic E-state index is -0.570. The van der Waals surface area contributed by atoms with Crippen molar-refractivity contribution < 1.29 is 18.7 Å². The highest BCUT2D eigenvalue weighted by molar-refractivity contribution is 5.94. The van der Waals surface area contributed by atoms with Crippen molar-refractivity contribution >= 4 is 11.6 Å². The molecule has 0 saturated heterocycles. The van der Waals surface area contributed by atoms with Gasteiger partial charge in [-0.1, -0.05) is 24.3 Å². The molecule has 0 radical (unpaired) electrons. The molecule has 1 N–H and O–H groups in total. The monoisotopic (exact) mass is 407 g/mol. The smallest absolute Gasteiger partial charge is 0.254 e. The first-order valence-corrected chi connectivity index (χ1v) is 9.19. The molecule has 0 bridgehead atoms. The number of nitrogens with zero attached hydrogens (tertiary/aromatic N) is 4. The van der Waals surface area contributed by atoms with Gasteiger partial charge in [0.2, 0.25) is 5.88 Å². The average Bonchev–Trinajstić information content (AvgIpc) is 3.20. The number of ether oxygens (including phenoxy) is 2. The van der Waals surface area contributed by atoms with E-state index in [0.717, 1.165) is 5.56 Å². The molecule has 4 aromatic rings. The van der Waals surface area contributed by atoms with Gasteiger partial charge in [-0.2, -0.15) is 4.52 Å². The molecular weight excluding hydrogens is 389 g/mol. The van der Waals surface area contributed by atoms with E-state index in [9.17, 15) is 9.18 Å². The zero-order valence-electron chi connectivity index (χ0n) is 16.1. The summed E-state index contributed by atoms with van der Waals surface area (Å²) in [5.74, 6) is 0.423. The summed E-state index contributed by atoms with van der Waals surface area (Å²) in [6.07, 6.45) is 0. The maximum Gasteiger partial charge on any atom is 0.254 e. The summed E-state index contributed by atoms with van der Waals surface area (Å²) in [5.41, 5.74) is 1.29. The minimum absolute atomic E-state index is 0.0111. The van der Waals surface area contributed by atoms with Crippen LogP contribution in [0.2, 0.25) is 0 Å². The van der Waals surface area contributed by atoms with Gasteiger partial charge in [-0.15, -0.1) is 15.3 Å². The molecule has 0 unspecified atom stereocenters. The second kappa shape index (κ2) is 8.56. The minimum Gasteiger partial charge on any atom is -0.496 e. The molecule has 0 aliphatic carbocycles. The van der Waals surface area contributed by atoms with Crippen LogP contribution < -0.4 is 14.8 Å². The highest BCUT2D eigenvalue weighted by Crippen LogP contribution is 2.28. The van der Waals surface area contributed by atoms with Gasteiger partial charge in [0.25, 0.3) is 5.91 Å². The molecule has 0 spiro atoms. The van der Waals surface area contributed by atoms with Crippen LogP contribution in [-0.4, -0.2) is 46.0 Å². The molecule has 30 heavy (non-hydrogen) atoms. The highest BCUT2D eigenvalue weighted by atomic mass is 19.1. The van der Waals surface area contributed by atoms with Crippen LogP contribution in [0.15, 0.2) is 60.7 Å². The van der Waals surface area contributed by atoms with E-state index in [1.165, 1.54) is 18.2 Å². The Morgan fingerprint density at radius 1 is 1.07 bits per heavy atom. The maximum atomic E-state index is 13.6. The van der Waals surface area contributed by atoms with Gasteiger partial charge in [0.05, 0.1) is 24.8 Å². The molecule has 0 aliphatic rings. The number of nitrogens with one attached hydrogen (secondary N) is 1. The van der Waals surface area contributed by atoms with Crippen LogP contribution in [0.3, 0.4) is 0 Å². The second-order valence-corrected chi connectivity index (χ2v) is 6.25. The van der Waals surface area contributed by atoms with Crippen molar-refractivity contribution in [2.45, 2.75) is 0 Å². The summed E-state index contributed by atoms with van der Waals surface area (Å²) in [6, 6.07) is 16.6. The van der Waals surface area contributed by atoms with Crippen LogP contribution in [0, 0.1) is 5.82 Å². The summed E-state index contributed by atoms with van der Waals surface area (Å²) >= 11 is 0. The van der Waals surface area contributed by atoms with Gasteiger partial charge in [0.15, 0.2) is 11.5 Å². The summed E-state index contributed by atoms with van der Waals surface area (Å²) in [4.78, 5) is 12.0. The number of halogens is 1. The Hall–Kier alpha value is -4.01. The fraction of sp³-hybridized carbons (Fsp3) is 0.143. The van der Waals surface area contributed by atoms with E-state index in [1.807, 2.05) is 24.3 Å². The molecule has 0 saturated carbocycles. The topological polar surface area (TPSA) is 90.6 Å². The molecular formula is C21H18FN5O3. The maximum absolute atomic E-state index is 13.6. The Balaban J connectivity index is 1.44. The van der Waals surface area contributed by atoms with Gasteiger partial charge in [-0.3, -0.25) is 4.79 Å². The number of methoxy groups -OCH3 is 1. The van der Waals surface area contributed by atoms with E-state index < -0.39 is 11.7 Å². The average molecular weight is 407 g/mol. The van der Waals surface area contributed by atoms with Crippen molar-refractivity contribution in [3.05, 3.63) is 72.0 Å². The lowest BCUT2D eigenvalue weighted by Crippen LogP contribution is -2.28. The SMILES string of the molecule is COc1ccccc1-c1nnc2ccc(OCCNC(=O)c3ccccc3F)nn12. The zero-order chi connectivity index (χ0) is 20.9. The molecule has 2 heterocycles. The quantitative estimate of drug-likeness (QED) is 0.474. The first-order chi connectivity index (χ1) is 14.7. The fourth-order valence-electron chi connectivity index (χ4n) is 2.91. The van der Waals surface area contributed by atoms with Crippen molar-refractivity contribution in [1.82, 2.24) is 25.1 Å². The number of aromatic nitrogens is 4. The Morgan fingerprint density at radius 3 is 2.70 bits per heavy atom. The number of benzene rings is 2. The first-order valence-electron chi connectivity index (χ1n) is 9.19. The normalized spacial score (nSPS) is 10.7. The van der Waals surface area contributed by atoms with E-state index in [1.54, 1.807) is 29.8 Å². The number of hydrogen-bond donors (Lipinski definition) is 1. The Bertz CT molecular complexity index is 1190. The lowest BCUT2D eigenvalue weighted by Gasteiger charge is -2.09. The Labute approximate surface area is 171 Å². The van der Waals surface area contributed by atoms with E-state index >= 15 is 0 Å². The Kier molecular flexibility index (Phi) is 5.51. The van der Waals surface area contributed by atoms with Gasteiger partial charge in [0.1, 0.15) is 18.2 Å². The van der Waals surface area contributed by atoms with Gasteiger partial charge in [0, 0.05) is 6.07 Å². The molecule has 4 rings (SSSR count). The van der Waals surface area contributed by atoms with E-state index in [-0.39, 0.29) is 18.7 Å². The number of amides is 1. The third kappa shape index (κ3) is 3.90. The Morgan fingerprint density at radius 2 is 1.87 bits per heavy atom. The molecule has 152 valence electrons. The van der Waals surface area contributed by atoms with Crippen LogP contribution in [0.1, 0.15) is 10.4 Å². The molecule has 2 aromatic heterocycles. The molecule has 8 nitrogen and oxygen atoms in total. The lowest BCUT2D eigenvalue weighted by molar-refractivity contribution is 0.0942. The number of fused-ring (bicyclic) bond motifs is 1. The second-order valence-electron chi connectivity index (χ2n) is 6.25. The molecule has 0 atom stereocenters. The molecule has 2 aromatic carbocycles. The van der Waals surface area contributed by atoms with Gasteiger partial charge >= 0.3 is 0 Å². The van der Waals surface area contributed by atoms with Crippen LogP contribution in [-0.2, 0) is 0 Å². The van der Waals surface area contributed by atoms with Crippen molar-refractivity contribution in [2.24, 2.45) is 0 Å². The summed E-state index contributed by atoms with van der Waals surface area (Å²) in [5, 5.41) is 15.4. The van der Waals surface area contributed by atoms with Gasteiger partial charge in [-0.25, -0.2) is 4.39 Å². The van der Waals surface area contributed by atoms with E-state index in [2.05, 4.69) is 20.6 Å². The van der Waals surface area contributed by atoms with Crippen LogP contribution in [0.25, 0.3) is 17.0 Å². The molecule has 1 amide bonds. The number of rotatable bonds is 7. The van der Waals surface area contributed by atoms with Gasteiger partial charge < -0.3 is 14.8 Å². The van der Waals surface area contributed by atoms with E-state index in [0.29, 0.717) is 23.1 Å². The van der Waals surface area contributed by atoms with Crippen LogP contribution in [0.5, 0.6) is 11.6 Å². The zero-order valence-corrected chi connectivity index (χ0v) is 16.1. The fourth-order valence-corrected chi connectivity index (χ4v) is 2.91. The third-order valence-corrected chi connectivity index (χ3v) is 4.34. The molecule has 0 aliphatic heterocycles. The molecule has 9 heteroatoms. The van der Waals surface area contributed by atoms with Crippen LogP contribution in [0.4, 0.5) is 4.39 Å². The predicted molar refractivity (Wildman–Crippen MR) is 107 cm³/mol. The number of carbonyl (C=O) groups is 1. The number of para-hydroxylation sites is 1. The highest BCUT2D eigenvalue weighted by Gasteiger charge is 2.14. The third-order valence-electron chi connectivity index (χ3n) is 4.34. The lowest BCUT2D eigenvalue weighted by atomic mass is 10.2. The van der Waals surface area contributed by atoms with Crippen molar-refractivity contribution in [3.63, 3.8) is 0 Å². The standard InChI is InChI=1S/C21H18FN5O3/c1-29-17-9-5-3-7-15(17)20-25-24-18-10-11-19(26-27(18)20)30-13-12-23-21(28)14-6-2-4-8-16(14)22/h2-11H,12-13H2,1H3,(H,23,28). The first kappa shape index (κ1) is 19.3. The summed E-state index contributed by atoms with van der Waals surface area (Å²) < 4.78 is 26.2. The summed E-state index contributed by atoms with van der Waals surface area (Å²) in [6.45, 7) is 0.346. The number of hydrogen-bond acceptors (Lipinski definition) is 6. The summed E-state index contributed by atoms with van der Waals surface area (Å²) in [7, 11) is 1.58. The van der Waals surface area contributed by atoms with Crippen molar-refractivity contribution in [2.75, 3.05) is 20.3 Å². The van der Waals surface area contributed by atoms with Crippen molar-refractivity contribution in [3.8, 4) is 23.0 Å². The largest absolute Gasteiger partial charge is 0.496 e. The van der Waals surface area contributed by atoms with E-state index in [4.69, 9.17) is 9.47 Å².